The van der Waals surface area contributed by atoms with Crippen LogP contribution in [-0.2, 0) is 11.2 Å². The first-order valence-electron chi connectivity index (χ1n) is 8.85. The highest BCUT2D eigenvalue weighted by atomic mass is 16.5. The van der Waals surface area contributed by atoms with Crippen LogP contribution < -0.4 is 26.6 Å². The van der Waals surface area contributed by atoms with Gasteiger partial charge in [-0.25, -0.2) is 9.97 Å². The number of benzene rings is 2. The lowest BCUT2D eigenvalue weighted by Crippen LogP contribution is -2.34. The Morgan fingerprint density at radius 3 is 2.54 bits per heavy atom. The standard InChI is InChI=1S/C20H22N6O2/c1-2-14-8-6-7-11-16(14)24-19-18(21)20(23-13-22-19)26-25-17(27)12-28-15-9-4-3-5-10-15/h3-11,13H,2,12,21H2,1H3,(H,25,27)(H2,22,23,24,26). The maximum absolute atomic E-state index is 12.0. The van der Waals surface area contributed by atoms with Gasteiger partial charge in [0.2, 0.25) is 0 Å². The second-order valence-electron chi connectivity index (χ2n) is 5.90. The Kier molecular flexibility index (Phi) is 6.25. The molecule has 0 aliphatic carbocycles. The number of carbonyl (C=O) groups excluding carboxylic acids is 1. The highest BCUT2D eigenvalue weighted by Crippen LogP contribution is 2.27. The van der Waals surface area contributed by atoms with E-state index in [1.807, 2.05) is 42.5 Å². The third-order valence-corrected chi connectivity index (χ3v) is 3.97. The van der Waals surface area contributed by atoms with Gasteiger partial charge in [0.1, 0.15) is 17.8 Å². The van der Waals surface area contributed by atoms with Crippen molar-refractivity contribution in [1.82, 2.24) is 15.4 Å². The van der Waals surface area contributed by atoms with Crippen molar-refractivity contribution < 1.29 is 9.53 Å². The smallest absolute Gasteiger partial charge is 0.276 e. The van der Waals surface area contributed by atoms with Crippen molar-refractivity contribution >= 4 is 28.9 Å². The Balaban J connectivity index is 1.60. The molecule has 2 aromatic carbocycles. The molecule has 0 spiro atoms. The van der Waals surface area contributed by atoms with Crippen LogP contribution in [0, 0.1) is 0 Å². The number of hydrogen-bond donors (Lipinski definition) is 4. The Morgan fingerprint density at radius 2 is 1.75 bits per heavy atom. The topological polar surface area (TPSA) is 114 Å². The van der Waals surface area contributed by atoms with Crippen LogP contribution in [0.3, 0.4) is 0 Å². The Hall–Kier alpha value is -3.81. The zero-order valence-electron chi connectivity index (χ0n) is 15.5. The summed E-state index contributed by atoms with van der Waals surface area (Å²) in [5, 5.41) is 3.21. The third-order valence-electron chi connectivity index (χ3n) is 3.97. The van der Waals surface area contributed by atoms with Crippen LogP contribution in [0.2, 0.25) is 0 Å². The first-order valence-corrected chi connectivity index (χ1v) is 8.85. The molecule has 8 heteroatoms. The van der Waals surface area contributed by atoms with Crippen LogP contribution in [0.15, 0.2) is 60.9 Å². The van der Waals surface area contributed by atoms with E-state index in [4.69, 9.17) is 10.5 Å². The number of aromatic nitrogens is 2. The van der Waals surface area contributed by atoms with E-state index in [0.717, 1.165) is 17.7 Å². The van der Waals surface area contributed by atoms with Crippen LogP contribution >= 0.6 is 0 Å². The van der Waals surface area contributed by atoms with Gasteiger partial charge in [-0.2, -0.15) is 0 Å². The fourth-order valence-electron chi connectivity index (χ4n) is 2.50. The molecule has 28 heavy (non-hydrogen) atoms. The van der Waals surface area contributed by atoms with E-state index in [2.05, 4.69) is 33.1 Å². The molecule has 8 nitrogen and oxygen atoms in total. The molecule has 0 unspecified atom stereocenters. The van der Waals surface area contributed by atoms with Gasteiger partial charge in [-0.15, -0.1) is 0 Å². The van der Waals surface area contributed by atoms with Crippen molar-refractivity contribution in [2.45, 2.75) is 13.3 Å². The van der Waals surface area contributed by atoms with Gasteiger partial charge in [0.25, 0.3) is 5.91 Å². The minimum atomic E-state index is -0.368. The molecule has 0 radical (unpaired) electrons. The molecule has 1 amide bonds. The lowest BCUT2D eigenvalue weighted by atomic mass is 10.1. The van der Waals surface area contributed by atoms with E-state index in [9.17, 15) is 4.79 Å². The predicted molar refractivity (Wildman–Crippen MR) is 109 cm³/mol. The van der Waals surface area contributed by atoms with Crippen molar-refractivity contribution in [3.63, 3.8) is 0 Å². The van der Waals surface area contributed by atoms with E-state index >= 15 is 0 Å². The maximum atomic E-state index is 12.0. The van der Waals surface area contributed by atoms with Crippen LogP contribution in [-0.4, -0.2) is 22.5 Å². The number of aryl methyl sites for hydroxylation is 1. The summed E-state index contributed by atoms with van der Waals surface area (Å²) in [6.07, 6.45) is 2.24. The van der Waals surface area contributed by atoms with Gasteiger partial charge in [-0.05, 0) is 30.2 Å². The van der Waals surface area contributed by atoms with Crippen LogP contribution in [0.5, 0.6) is 5.75 Å². The maximum Gasteiger partial charge on any atom is 0.276 e. The van der Waals surface area contributed by atoms with E-state index < -0.39 is 0 Å². The average Bonchev–Trinajstić information content (AvgIpc) is 2.74. The number of para-hydroxylation sites is 2. The number of amides is 1. The third kappa shape index (κ3) is 4.88. The molecule has 0 aliphatic heterocycles. The summed E-state index contributed by atoms with van der Waals surface area (Å²) in [5.41, 5.74) is 13.7. The molecule has 5 N–H and O–H groups in total. The number of nitrogens with two attached hydrogens (primary N) is 1. The normalized spacial score (nSPS) is 10.2. The summed E-state index contributed by atoms with van der Waals surface area (Å²) in [6, 6.07) is 17.0. The molecule has 1 heterocycles. The Bertz CT molecular complexity index is 933. The number of anilines is 4. The number of carbonyl (C=O) groups is 1. The summed E-state index contributed by atoms with van der Waals surface area (Å²) in [6.45, 7) is 1.93. The molecule has 0 aliphatic rings. The van der Waals surface area contributed by atoms with Crippen molar-refractivity contribution in [2.75, 3.05) is 23.1 Å². The zero-order chi connectivity index (χ0) is 19.8. The number of hydrogen-bond acceptors (Lipinski definition) is 7. The summed E-state index contributed by atoms with van der Waals surface area (Å²) >= 11 is 0. The Morgan fingerprint density at radius 1 is 1.04 bits per heavy atom. The molecule has 3 rings (SSSR count). The second-order valence-corrected chi connectivity index (χ2v) is 5.90. The van der Waals surface area contributed by atoms with Crippen molar-refractivity contribution in [3.05, 3.63) is 66.5 Å². The van der Waals surface area contributed by atoms with E-state index in [-0.39, 0.29) is 18.2 Å². The SMILES string of the molecule is CCc1ccccc1Nc1ncnc(NNC(=O)COc2ccccc2)c1N. The average molecular weight is 378 g/mol. The fourth-order valence-corrected chi connectivity index (χ4v) is 2.50. The summed E-state index contributed by atoms with van der Waals surface area (Å²) in [7, 11) is 0. The monoisotopic (exact) mass is 378 g/mol. The van der Waals surface area contributed by atoms with Gasteiger partial charge in [0.05, 0.1) is 0 Å². The van der Waals surface area contributed by atoms with Crippen molar-refractivity contribution in [2.24, 2.45) is 0 Å². The first kappa shape index (κ1) is 19.0. The first-order chi connectivity index (χ1) is 13.7. The molecule has 1 aromatic heterocycles. The summed E-state index contributed by atoms with van der Waals surface area (Å²) in [5.74, 6) is 0.987. The molecule has 144 valence electrons. The van der Waals surface area contributed by atoms with Gasteiger partial charge in [-0.1, -0.05) is 43.3 Å². The number of hydrazine groups is 1. The van der Waals surface area contributed by atoms with E-state index in [0.29, 0.717) is 17.4 Å². The summed E-state index contributed by atoms with van der Waals surface area (Å²) in [4.78, 5) is 20.2. The molecule has 0 atom stereocenters. The number of nitrogen functional groups attached to an aromatic ring is 1. The number of nitrogens with one attached hydrogen (secondary N) is 3. The van der Waals surface area contributed by atoms with Gasteiger partial charge in [0.15, 0.2) is 18.2 Å². The Labute approximate surface area is 163 Å². The van der Waals surface area contributed by atoms with Gasteiger partial charge >= 0.3 is 0 Å². The van der Waals surface area contributed by atoms with Gasteiger partial charge < -0.3 is 15.8 Å². The molecule has 3 aromatic rings. The van der Waals surface area contributed by atoms with Crippen molar-refractivity contribution in [3.8, 4) is 5.75 Å². The molecule has 0 bridgehead atoms. The van der Waals surface area contributed by atoms with Crippen LogP contribution in [0.1, 0.15) is 12.5 Å². The number of rotatable bonds is 8. The lowest BCUT2D eigenvalue weighted by molar-refractivity contribution is -0.122. The van der Waals surface area contributed by atoms with Gasteiger partial charge in [-0.3, -0.25) is 15.6 Å². The minimum absolute atomic E-state index is 0.142. The lowest BCUT2D eigenvalue weighted by Gasteiger charge is -2.15. The second kappa shape index (κ2) is 9.22. The number of ether oxygens (including phenoxy) is 1. The number of nitrogens with zero attached hydrogens (tertiary/aromatic N) is 2. The molecule has 0 saturated heterocycles. The van der Waals surface area contributed by atoms with Gasteiger partial charge in [0, 0.05) is 5.69 Å². The van der Waals surface area contributed by atoms with Crippen molar-refractivity contribution in [1.29, 1.82) is 0 Å². The summed E-state index contributed by atoms with van der Waals surface area (Å²) < 4.78 is 5.39. The highest BCUT2D eigenvalue weighted by Gasteiger charge is 2.11. The van der Waals surface area contributed by atoms with E-state index in [1.165, 1.54) is 6.33 Å². The quantitative estimate of drug-likeness (QED) is 0.446. The van der Waals surface area contributed by atoms with Crippen LogP contribution in [0.4, 0.5) is 23.0 Å². The largest absolute Gasteiger partial charge is 0.484 e. The van der Waals surface area contributed by atoms with Crippen LogP contribution in [0.25, 0.3) is 0 Å². The molecular weight excluding hydrogens is 356 g/mol. The molecular formula is C20H22N6O2. The van der Waals surface area contributed by atoms with E-state index in [1.54, 1.807) is 12.1 Å². The fraction of sp³-hybridized carbons (Fsp3) is 0.150. The zero-order valence-corrected chi connectivity index (χ0v) is 15.5. The minimum Gasteiger partial charge on any atom is -0.484 e. The predicted octanol–water partition coefficient (Wildman–Crippen LogP) is 2.89. The molecule has 0 saturated carbocycles. The highest BCUT2D eigenvalue weighted by molar-refractivity contribution is 5.82. The molecule has 0 fully saturated rings.